The summed E-state index contributed by atoms with van der Waals surface area (Å²) in [5, 5.41) is 13.9. The fourth-order valence-corrected chi connectivity index (χ4v) is 7.74. The maximum Gasteiger partial charge on any atom is 0.407 e. The van der Waals surface area contributed by atoms with Crippen LogP contribution in [0.4, 0.5) is 9.59 Å². The molecule has 2 heterocycles. The quantitative estimate of drug-likeness (QED) is 0.197. The number of nitrogens with one attached hydrogen (secondary N) is 4. The lowest BCUT2D eigenvalue weighted by Crippen LogP contribution is -2.60. The third-order valence-corrected chi connectivity index (χ3v) is 10.3. The normalized spacial score (nSPS) is 19.8. The number of ether oxygens (including phenoxy) is 1. The lowest BCUT2D eigenvalue weighted by atomic mass is 9.74. The minimum atomic E-state index is -0.899. The summed E-state index contributed by atoms with van der Waals surface area (Å²) in [7, 11) is 0. The second-order valence-corrected chi connectivity index (χ2v) is 16.2. The maximum atomic E-state index is 14.6. The molecule has 5 rings (SSSR count). The molecule has 2 fully saturated rings. The van der Waals surface area contributed by atoms with Gasteiger partial charge in [0.05, 0.1) is 5.41 Å². The first-order chi connectivity index (χ1) is 26.2. The molecule has 0 bridgehead atoms. The van der Waals surface area contributed by atoms with Crippen LogP contribution in [0.5, 0.6) is 0 Å². The molecule has 12 nitrogen and oxygen atoms in total. The van der Waals surface area contributed by atoms with Gasteiger partial charge in [-0.15, -0.1) is 0 Å². The molecule has 296 valence electrons. The van der Waals surface area contributed by atoms with Gasteiger partial charge >= 0.3 is 12.1 Å². The van der Waals surface area contributed by atoms with Crippen LogP contribution >= 0.6 is 0 Å². The molecule has 55 heavy (non-hydrogen) atoms. The summed E-state index contributed by atoms with van der Waals surface area (Å²) in [6.45, 7) is 11.1. The van der Waals surface area contributed by atoms with Gasteiger partial charge in [-0.05, 0) is 88.6 Å². The third-order valence-electron chi connectivity index (χ3n) is 10.3. The van der Waals surface area contributed by atoms with Crippen LogP contribution in [0.2, 0.25) is 0 Å². The molecule has 0 aromatic heterocycles. The van der Waals surface area contributed by atoms with Gasteiger partial charge in [0, 0.05) is 57.6 Å². The zero-order valence-corrected chi connectivity index (χ0v) is 33.0. The molecule has 2 aliphatic rings. The van der Waals surface area contributed by atoms with Crippen LogP contribution in [-0.4, -0.2) is 96.1 Å². The van der Waals surface area contributed by atoms with Gasteiger partial charge in [-0.3, -0.25) is 14.4 Å². The number of carbonyl (C=O) groups is 5. The van der Waals surface area contributed by atoms with Gasteiger partial charge in [0.2, 0.25) is 17.7 Å². The lowest BCUT2D eigenvalue weighted by molar-refractivity contribution is -0.142. The zero-order valence-electron chi connectivity index (χ0n) is 33.0. The van der Waals surface area contributed by atoms with Gasteiger partial charge in [-0.1, -0.05) is 72.8 Å². The van der Waals surface area contributed by atoms with E-state index < -0.39 is 35.2 Å². The van der Waals surface area contributed by atoms with Gasteiger partial charge < -0.3 is 35.8 Å². The molecule has 4 N–H and O–H groups in total. The van der Waals surface area contributed by atoms with Gasteiger partial charge in [0.1, 0.15) is 11.6 Å². The van der Waals surface area contributed by atoms with Crippen LogP contribution in [0.15, 0.2) is 72.8 Å². The molecule has 1 unspecified atom stereocenters. The van der Waals surface area contributed by atoms with Crippen LogP contribution in [0.3, 0.4) is 0 Å². The van der Waals surface area contributed by atoms with E-state index in [1.54, 1.807) is 37.5 Å². The summed E-state index contributed by atoms with van der Waals surface area (Å²) < 4.78 is 5.32. The van der Waals surface area contributed by atoms with Gasteiger partial charge in [-0.25, -0.2) is 9.59 Å². The molecule has 6 amide bonds. The van der Waals surface area contributed by atoms with E-state index in [0.29, 0.717) is 58.3 Å². The number of carbonyl (C=O) groups excluding carboxylic acids is 5. The van der Waals surface area contributed by atoms with Crippen molar-refractivity contribution in [1.82, 2.24) is 31.1 Å². The Morgan fingerprint density at radius 3 is 2.31 bits per heavy atom. The number of amides is 6. The van der Waals surface area contributed by atoms with E-state index in [9.17, 15) is 24.0 Å². The molecule has 2 aliphatic heterocycles. The van der Waals surface area contributed by atoms with Crippen molar-refractivity contribution in [2.24, 2.45) is 5.41 Å². The van der Waals surface area contributed by atoms with E-state index in [-0.39, 0.29) is 43.1 Å². The molecule has 0 saturated carbocycles. The highest BCUT2D eigenvalue weighted by Crippen LogP contribution is 2.35. The first kappa shape index (κ1) is 41.0. The molecule has 0 aliphatic carbocycles. The first-order valence-corrected chi connectivity index (χ1v) is 19.7. The Hall–Kier alpha value is -5.13. The monoisotopic (exact) mass is 754 g/mol. The van der Waals surface area contributed by atoms with E-state index in [0.717, 1.165) is 21.9 Å². The van der Waals surface area contributed by atoms with E-state index >= 15 is 0 Å². The summed E-state index contributed by atoms with van der Waals surface area (Å²) in [5.74, 6) is -0.438. The Morgan fingerprint density at radius 1 is 0.873 bits per heavy atom. The molecule has 3 aromatic carbocycles. The number of hydrogen-bond acceptors (Lipinski definition) is 6. The van der Waals surface area contributed by atoms with Gasteiger partial charge in [0.25, 0.3) is 0 Å². The second-order valence-electron chi connectivity index (χ2n) is 16.2. The van der Waals surface area contributed by atoms with Crippen LogP contribution in [-0.2, 0) is 32.0 Å². The number of hydrogen-bond donors (Lipinski definition) is 4. The summed E-state index contributed by atoms with van der Waals surface area (Å²) >= 11 is 0. The minimum Gasteiger partial charge on any atom is -0.444 e. The molecule has 0 radical (unpaired) electrons. The summed E-state index contributed by atoms with van der Waals surface area (Å²) in [6.07, 6.45) is 2.95. The third kappa shape index (κ3) is 11.7. The number of fused-ring (bicyclic) bond motifs is 1. The van der Waals surface area contributed by atoms with Crippen molar-refractivity contribution in [1.29, 1.82) is 0 Å². The molecule has 2 saturated heterocycles. The standard InChI is InChI=1S/C43H58N6O6/c1-6-44-39(52)43(27-31-14-8-7-9-15-31)21-13-23-49(29-43)38(51)36(26-32-19-20-33-16-10-11-17-34(33)25-32)47-40(53)46-35-18-12-22-48(28-35)37(50)24-30(2)45-41(54)55-42(3,4)5/h7-11,14-17,19-20,25,30,35-36H,6,12-13,18,21-24,26-29H2,1-5H3,(H,44,52)(H,45,54)(H2,46,47,53)/t30?,35-,36+,43+/m1/s1. The largest absolute Gasteiger partial charge is 0.444 e. The molecule has 0 spiro atoms. The zero-order chi connectivity index (χ0) is 39.6. The number of likely N-dealkylation sites (tertiary alicyclic amines) is 2. The molecular weight excluding hydrogens is 697 g/mol. The van der Waals surface area contributed by atoms with Crippen molar-refractivity contribution in [3.63, 3.8) is 0 Å². The Morgan fingerprint density at radius 2 is 1.58 bits per heavy atom. The van der Waals surface area contributed by atoms with E-state index in [4.69, 9.17) is 4.74 Å². The number of benzene rings is 3. The molecule has 12 heteroatoms. The summed E-state index contributed by atoms with van der Waals surface area (Å²) in [5.41, 5.74) is 0.476. The van der Waals surface area contributed by atoms with Crippen molar-refractivity contribution < 1.29 is 28.7 Å². The van der Waals surface area contributed by atoms with Crippen LogP contribution < -0.4 is 21.3 Å². The predicted octanol–water partition coefficient (Wildman–Crippen LogP) is 5.33. The van der Waals surface area contributed by atoms with E-state index in [1.165, 1.54) is 0 Å². The second kappa shape index (κ2) is 18.5. The number of rotatable bonds is 12. The number of urea groups is 1. The molecular formula is C43H58N6O6. The topological polar surface area (TPSA) is 149 Å². The van der Waals surface area contributed by atoms with Crippen molar-refractivity contribution >= 4 is 40.6 Å². The van der Waals surface area contributed by atoms with E-state index in [2.05, 4.69) is 21.3 Å². The number of nitrogens with zero attached hydrogens (tertiary/aromatic N) is 2. The van der Waals surface area contributed by atoms with Crippen LogP contribution in [0.25, 0.3) is 10.8 Å². The maximum absolute atomic E-state index is 14.6. The smallest absolute Gasteiger partial charge is 0.407 e. The number of alkyl carbamates (subject to hydrolysis) is 1. The Labute approximate surface area is 325 Å². The fourth-order valence-electron chi connectivity index (χ4n) is 7.74. The van der Waals surface area contributed by atoms with Gasteiger partial charge in [0.15, 0.2) is 0 Å². The number of piperidine rings is 2. The highest BCUT2D eigenvalue weighted by molar-refractivity contribution is 5.90. The molecule has 3 aromatic rings. The van der Waals surface area contributed by atoms with E-state index in [1.807, 2.05) is 79.7 Å². The van der Waals surface area contributed by atoms with Crippen LogP contribution in [0.1, 0.15) is 77.8 Å². The SMILES string of the molecule is CCNC(=O)[C@]1(Cc2ccccc2)CCCN(C(=O)[C@H](Cc2ccc3ccccc3c2)NC(=O)N[C@@H]2CCCN(C(=O)CC(C)NC(=O)OC(C)(C)C)C2)C1. The van der Waals surface area contributed by atoms with Crippen molar-refractivity contribution in [3.05, 3.63) is 83.9 Å². The van der Waals surface area contributed by atoms with Crippen molar-refractivity contribution in [3.8, 4) is 0 Å². The Bertz CT molecular complexity index is 1810. The van der Waals surface area contributed by atoms with Crippen LogP contribution in [0, 0.1) is 5.41 Å². The summed E-state index contributed by atoms with van der Waals surface area (Å²) in [6, 6.07) is 21.8. The minimum absolute atomic E-state index is 0.0699. The fraction of sp³-hybridized carbons (Fsp3) is 0.512. The Balaban J connectivity index is 1.29. The van der Waals surface area contributed by atoms with Gasteiger partial charge in [-0.2, -0.15) is 0 Å². The lowest BCUT2D eigenvalue weighted by Gasteiger charge is -2.43. The highest BCUT2D eigenvalue weighted by atomic mass is 16.6. The van der Waals surface area contributed by atoms with Crippen molar-refractivity contribution in [2.75, 3.05) is 32.7 Å². The predicted molar refractivity (Wildman–Crippen MR) is 213 cm³/mol. The Kier molecular flexibility index (Phi) is 13.8. The highest BCUT2D eigenvalue weighted by Gasteiger charge is 2.44. The molecule has 4 atom stereocenters. The average Bonchev–Trinajstić information content (AvgIpc) is 3.14. The first-order valence-electron chi connectivity index (χ1n) is 19.7. The van der Waals surface area contributed by atoms with Crippen molar-refractivity contribution in [2.45, 2.75) is 103 Å². The summed E-state index contributed by atoms with van der Waals surface area (Å²) in [4.78, 5) is 70.9. The average molecular weight is 755 g/mol.